The summed E-state index contributed by atoms with van der Waals surface area (Å²) < 4.78 is 32.3. The fraction of sp³-hybridized carbons (Fsp3) is 0.256. The number of aliphatic carboxylic acids is 1. The second-order valence-electron chi connectivity index (χ2n) is 13.4. The molecule has 1 aliphatic heterocycles. The lowest BCUT2D eigenvalue weighted by molar-refractivity contribution is -0.157. The van der Waals surface area contributed by atoms with Crippen molar-refractivity contribution in [2.24, 2.45) is 0 Å². The number of nitrogens with zero attached hydrogens (tertiary/aromatic N) is 4. The van der Waals surface area contributed by atoms with Gasteiger partial charge in [-0.1, -0.05) is 84.9 Å². The number of carboxylic acids is 1. The van der Waals surface area contributed by atoms with E-state index in [1.807, 2.05) is 109 Å². The van der Waals surface area contributed by atoms with Crippen molar-refractivity contribution in [3.63, 3.8) is 0 Å². The number of anilines is 1. The Kier molecular flexibility index (Phi) is 11.8. The highest BCUT2D eigenvalue weighted by atomic mass is 16.6. The third-order valence-corrected chi connectivity index (χ3v) is 9.78. The molecule has 1 saturated heterocycles. The Hall–Kier alpha value is -6.64. The number of nitrogens with one attached hydrogen (secondary N) is 1. The van der Waals surface area contributed by atoms with E-state index in [1.165, 1.54) is 12.7 Å². The van der Waals surface area contributed by atoms with Crippen LogP contribution in [0.4, 0.5) is 5.82 Å². The highest BCUT2D eigenvalue weighted by Crippen LogP contribution is 2.43. The molecule has 7 rings (SSSR count). The molecule has 0 unspecified atom stereocenters. The number of carboxylic acid groups (broad SMARTS) is 1. The molecule has 0 bridgehead atoms. The smallest absolute Gasteiger partial charge is 0.306 e. The lowest BCUT2D eigenvalue weighted by Gasteiger charge is -2.37. The van der Waals surface area contributed by atoms with E-state index < -0.39 is 36.0 Å². The quantitative estimate of drug-likeness (QED) is 0.0857. The summed E-state index contributed by atoms with van der Waals surface area (Å²) in [5.41, 5.74) is 2.80. The molecule has 292 valence electrons. The first kappa shape index (κ1) is 38.6. The summed E-state index contributed by atoms with van der Waals surface area (Å²) in [6.07, 6.45) is 0.0645. The fourth-order valence-electron chi connectivity index (χ4n) is 6.98. The maximum Gasteiger partial charge on any atom is 0.306 e. The van der Waals surface area contributed by atoms with E-state index in [0.29, 0.717) is 22.7 Å². The molecule has 2 aromatic heterocycles. The molecule has 1 aliphatic rings. The van der Waals surface area contributed by atoms with Crippen LogP contribution in [0.15, 0.2) is 122 Å². The molecule has 3 heterocycles. The summed E-state index contributed by atoms with van der Waals surface area (Å²) in [7, 11) is 3.20. The molecular formula is C43H41N5O9. The summed E-state index contributed by atoms with van der Waals surface area (Å²) in [6, 6.07) is 34.3. The van der Waals surface area contributed by atoms with Gasteiger partial charge in [0.15, 0.2) is 17.0 Å². The highest BCUT2D eigenvalue weighted by molar-refractivity contribution is 5.97. The Balaban J connectivity index is 1.22. The minimum atomic E-state index is -1.19. The molecule has 14 heteroatoms. The first-order valence-electron chi connectivity index (χ1n) is 18.3. The zero-order chi connectivity index (χ0) is 39.8. The summed E-state index contributed by atoms with van der Waals surface area (Å²) in [5, 5.41) is 12.1. The highest BCUT2D eigenvalue weighted by Gasteiger charge is 2.44. The number of rotatable bonds is 16. The molecule has 4 aromatic carbocycles. The lowest BCUT2D eigenvalue weighted by atomic mass is 9.80. The predicted molar refractivity (Wildman–Crippen MR) is 208 cm³/mol. The van der Waals surface area contributed by atoms with Crippen molar-refractivity contribution in [2.75, 3.05) is 26.1 Å². The number of hydrogen-bond donors (Lipinski definition) is 2. The number of benzene rings is 4. The van der Waals surface area contributed by atoms with Crippen LogP contribution in [-0.4, -0.2) is 75.5 Å². The van der Waals surface area contributed by atoms with Gasteiger partial charge >= 0.3 is 11.9 Å². The number of ether oxygens (including phenoxy) is 5. The van der Waals surface area contributed by atoms with Gasteiger partial charge in [0.25, 0.3) is 0 Å². The van der Waals surface area contributed by atoms with Crippen LogP contribution in [0.1, 0.15) is 47.7 Å². The topological polar surface area (TPSA) is 173 Å². The van der Waals surface area contributed by atoms with Gasteiger partial charge < -0.3 is 34.1 Å². The van der Waals surface area contributed by atoms with E-state index in [0.717, 1.165) is 22.3 Å². The van der Waals surface area contributed by atoms with Crippen molar-refractivity contribution in [1.29, 1.82) is 0 Å². The van der Waals surface area contributed by atoms with Crippen LogP contribution in [0.2, 0.25) is 0 Å². The van der Waals surface area contributed by atoms with Gasteiger partial charge in [-0.25, -0.2) is 15.0 Å². The zero-order valence-electron chi connectivity index (χ0n) is 31.3. The number of imidazole rings is 1. The molecule has 0 aliphatic carbocycles. The van der Waals surface area contributed by atoms with Crippen molar-refractivity contribution in [3.05, 3.63) is 144 Å². The van der Waals surface area contributed by atoms with E-state index in [4.69, 9.17) is 23.7 Å². The van der Waals surface area contributed by atoms with Gasteiger partial charge in [-0.05, 0) is 46.5 Å². The summed E-state index contributed by atoms with van der Waals surface area (Å²) in [5.74, 6) is -0.496. The Morgan fingerprint density at radius 2 is 1.42 bits per heavy atom. The third kappa shape index (κ3) is 8.62. The average molecular weight is 772 g/mol. The van der Waals surface area contributed by atoms with E-state index in [1.54, 1.807) is 18.8 Å². The first-order chi connectivity index (χ1) is 27.8. The Bertz CT molecular complexity index is 2250. The monoisotopic (exact) mass is 771 g/mol. The van der Waals surface area contributed by atoms with Crippen LogP contribution in [0.5, 0.6) is 11.5 Å². The molecule has 1 fully saturated rings. The third-order valence-electron chi connectivity index (χ3n) is 9.78. The number of hydrogen-bond acceptors (Lipinski definition) is 11. The van der Waals surface area contributed by atoms with Crippen LogP contribution in [0, 0.1) is 0 Å². The molecule has 0 radical (unpaired) electrons. The van der Waals surface area contributed by atoms with Gasteiger partial charge in [0.2, 0.25) is 5.91 Å². The van der Waals surface area contributed by atoms with Crippen LogP contribution >= 0.6 is 0 Å². The summed E-state index contributed by atoms with van der Waals surface area (Å²) in [6.45, 7) is -0.0667. The Morgan fingerprint density at radius 3 is 2.04 bits per heavy atom. The van der Waals surface area contributed by atoms with Gasteiger partial charge in [0, 0.05) is 6.42 Å². The standard InChI is InChI=1S/C43H41N5O9/c1-53-32-17-13-30(14-18-32)43(29-11-7-4-8-12-29,31-15-19-33(54-2)20-16-31)55-25-35-34(57-39(52)22-21-38(50)51)24-37(56-35)48-27-46-40-41(44-26-45-42(40)48)47-36(49)23-28-9-5-3-6-10-28/h3-20,26-27,34-35,37H,21-25H2,1-2H3,(H,50,51)(H,44,45,47,49)/t34-,35+,37+/m0/s1. The largest absolute Gasteiger partial charge is 0.497 e. The summed E-state index contributed by atoms with van der Waals surface area (Å²) >= 11 is 0. The van der Waals surface area contributed by atoms with Crippen LogP contribution < -0.4 is 14.8 Å². The fourth-order valence-corrected chi connectivity index (χ4v) is 6.98. The number of carbonyl (C=O) groups is 3. The minimum Gasteiger partial charge on any atom is -0.497 e. The molecule has 57 heavy (non-hydrogen) atoms. The van der Waals surface area contributed by atoms with E-state index in [-0.39, 0.29) is 44.0 Å². The van der Waals surface area contributed by atoms with Crippen LogP contribution in [0.25, 0.3) is 11.2 Å². The van der Waals surface area contributed by atoms with E-state index in [9.17, 15) is 19.5 Å². The molecule has 0 saturated carbocycles. The van der Waals surface area contributed by atoms with Crippen molar-refractivity contribution in [3.8, 4) is 11.5 Å². The molecule has 2 N–H and O–H groups in total. The SMILES string of the molecule is COc1ccc(C(OC[C@H]2O[C@@H](n3cnc4c(NC(=O)Cc5ccccc5)ncnc43)C[C@@H]2OC(=O)CCC(=O)O)(c2ccccc2)c2ccc(OC)cc2)cc1. The molecule has 6 aromatic rings. The number of fused-ring (bicyclic) bond motifs is 1. The maximum absolute atomic E-state index is 13.0. The zero-order valence-corrected chi connectivity index (χ0v) is 31.3. The second kappa shape index (κ2) is 17.4. The molecule has 0 spiro atoms. The molecule has 3 atom stereocenters. The maximum atomic E-state index is 13.0. The van der Waals surface area contributed by atoms with Gasteiger partial charge in [-0.3, -0.25) is 19.0 Å². The number of amides is 1. The van der Waals surface area contributed by atoms with Crippen molar-refractivity contribution in [1.82, 2.24) is 19.5 Å². The number of aromatic nitrogens is 4. The second-order valence-corrected chi connectivity index (χ2v) is 13.4. The van der Waals surface area contributed by atoms with Crippen LogP contribution in [0.3, 0.4) is 0 Å². The average Bonchev–Trinajstić information content (AvgIpc) is 3.86. The van der Waals surface area contributed by atoms with Gasteiger partial charge in [-0.15, -0.1) is 0 Å². The first-order valence-corrected chi connectivity index (χ1v) is 18.3. The van der Waals surface area contributed by atoms with Gasteiger partial charge in [0.05, 0.1) is 46.4 Å². The minimum absolute atomic E-state index is 0.0667. The van der Waals surface area contributed by atoms with Crippen molar-refractivity contribution < 1.29 is 43.2 Å². The number of carbonyl (C=O) groups excluding carboxylic acids is 2. The predicted octanol–water partition coefficient (Wildman–Crippen LogP) is 6.10. The molecule has 1 amide bonds. The van der Waals surface area contributed by atoms with E-state index >= 15 is 0 Å². The number of methoxy groups -OCH3 is 2. The van der Waals surface area contributed by atoms with Crippen molar-refractivity contribution >= 4 is 34.8 Å². The van der Waals surface area contributed by atoms with Crippen LogP contribution in [-0.2, 0) is 40.6 Å². The summed E-state index contributed by atoms with van der Waals surface area (Å²) in [4.78, 5) is 50.6. The van der Waals surface area contributed by atoms with Gasteiger partial charge in [-0.2, -0.15) is 0 Å². The number of esters is 1. The molecular weight excluding hydrogens is 730 g/mol. The Morgan fingerprint density at radius 1 is 0.807 bits per heavy atom. The van der Waals surface area contributed by atoms with Gasteiger partial charge in [0.1, 0.15) is 41.9 Å². The normalized spacial score (nSPS) is 16.6. The lowest BCUT2D eigenvalue weighted by Crippen LogP contribution is -2.39. The Labute approximate surface area is 328 Å². The molecule has 14 nitrogen and oxygen atoms in total. The van der Waals surface area contributed by atoms with Crippen molar-refractivity contribution in [2.45, 2.75) is 49.7 Å². The van der Waals surface area contributed by atoms with E-state index in [2.05, 4.69) is 20.3 Å².